The van der Waals surface area contributed by atoms with Crippen molar-refractivity contribution < 1.29 is 14.3 Å². The molecule has 1 heterocycles. The van der Waals surface area contributed by atoms with Crippen LogP contribution in [0.1, 0.15) is 44.1 Å². The lowest BCUT2D eigenvalue weighted by molar-refractivity contribution is -0.118. The van der Waals surface area contributed by atoms with Gasteiger partial charge in [-0.25, -0.2) is 0 Å². The molecule has 2 fully saturated rings. The molecule has 1 atom stereocenters. The Bertz CT molecular complexity index is 616. The van der Waals surface area contributed by atoms with Crippen molar-refractivity contribution in [3.05, 3.63) is 28.8 Å². The Kier molecular flexibility index (Phi) is 6.06. The molecule has 6 heteroatoms. The van der Waals surface area contributed by atoms with Gasteiger partial charge in [-0.3, -0.25) is 14.9 Å². The highest BCUT2D eigenvalue weighted by Gasteiger charge is 2.31. The second-order valence-electron chi connectivity index (χ2n) is 6.49. The zero-order valence-electron chi connectivity index (χ0n) is 13.6. The molecule has 0 aromatic heterocycles. The molecule has 1 aliphatic carbocycles. The number of hydrogen-bond acceptors (Lipinski definition) is 4. The quantitative estimate of drug-likeness (QED) is 0.799. The fraction of sp³-hybridized carbons (Fsp3) is 0.556. The predicted octanol–water partition coefficient (Wildman–Crippen LogP) is 4.58. The molecule has 1 saturated carbocycles. The van der Waals surface area contributed by atoms with Crippen LogP contribution in [0.5, 0.6) is 5.75 Å². The van der Waals surface area contributed by atoms with Crippen LogP contribution in [0.4, 0.5) is 4.79 Å². The van der Waals surface area contributed by atoms with Crippen LogP contribution in [0.25, 0.3) is 0 Å². The first-order valence-corrected chi connectivity index (χ1v) is 9.80. The second kappa shape index (κ2) is 8.26. The average molecular weight is 368 g/mol. The Morgan fingerprint density at radius 1 is 1.21 bits per heavy atom. The fourth-order valence-corrected chi connectivity index (χ4v) is 4.46. The highest BCUT2D eigenvalue weighted by molar-refractivity contribution is 8.15. The van der Waals surface area contributed by atoms with Gasteiger partial charge in [0, 0.05) is 0 Å². The molecule has 2 aliphatic rings. The van der Waals surface area contributed by atoms with Gasteiger partial charge in [-0.2, -0.15) is 0 Å². The molecule has 1 saturated heterocycles. The van der Waals surface area contributed by atoms with Crippen LogP contribution in [0, 0.1) is 5.92 Å². The van der Waals surface area contributed by atoms with E-state index in [2.05, 4.69) is 5.32 Å². The van der Waals surface area contributed by atoms with Gasteiger partial charge in [-0.1, -0.05) is 61.5 Å². The molecule has 1 aromatic rings. The van der Waals surface area contributed by atoms with Gasteiger partial charge in [0.15, 0.2) is 0 Å². The molecular weight excluding hydrogens is 346 g/mol. The van der Waals surface area contributed by atoms with Crippen LogP contribution in [0.15, 0.2) is 18.2 Å². The number of amides is 2. The third-order valence-corrected chi connectivity index (χ3v) is 5.97. The SMILES string of the molecule is O=C1NC(=O)C(Cc2ccc(OCCC3CCCCC3)c(Cl)c2)S1. The van der Waals surface area contributed by atoms with Gasteiger partial charge in [0.05, 0.1) is 16.9 Å². The number of hydrogen-bond donors (Lipinski definition) is 1. The van der Waals surface area contributed by atoms with Crippen molar-refractivity contribution in [1.29, 1.82) is 0 Å². The highest BCUT2D eigenvalue weighted by Crippen LogP contribution is 2.30. The van der Waals surface area contributed by atoms with Crippen molar-refractivity contribution in [2.45, 2.75) is 50.2 Å². The molecule has 24 heavy (non-hydrogen) atoms. The summed E-state index contributed by atoms with van der Waals surface area (Å²) in [5.74, 6) is 1.25. The number of nitrogens with one attached hydrogen (secondary N) is 1. The molecule has 2 amide bonds. The zero-order chi connectivity index (χ0) is 16.9. The van der Waals surface area contributed by atoms with Crippen LogP contribution in [-0.2, 0) is 11.2 Å². The number of ether oxygens (including phenoxy) is 1. The molecule has 4 nitrogen and oxygen atoms in total. The van der Waals surface area contributed by atoms with E-state index in [0.717, 1.165) is 29.7 Å². The minimum absolute atomic E-state index is 0.228. The fourth-order valence-electron chi connectivity index (χ4n) is 3.34. The van der Waals surface area contributed by atoms with Crippen LogP contribution in [0.3, 0.4) is 0 Å². The number of rotatable bonds is 6. The number of carbonyl (C=O) groups excluding carboxylic acids is 2. The maximum atomic E-state index is 11.6. The van der Waals surface area contributed by atoms with Gasteiger partial charge in [-0.15, -0.1) is 0 Å². The number of benzene rings is 1. The average Bonchev–Trinajstić information content (AvgIpc) is 2.88. The first-order valence-electron chi connectivity index (χ1n) is 8.54. The van der Waals surface area contributed by atoms with E-state index in [1.165, 1.54) is 32.1 Å². The van der Waals surface area contributed by atoms with Gasteiger partial charge in [0.25, 0.3) is 5.24 Å². The first-order chi connectivity index (χ1) is 11.6. The first kappa shape index (κ1) is 17.6. The Balaban J connectivity index is 1.50. The summed E-state index contributed by atoms with van der Waals surface area (Å²) in [6.07, 6.45) is 8.26. The summed E-state index contributed by atoms with van der Waals surface area (Å²) in [4.78, 5) is 22.8. The third-order valence-electron chi connectivity index (χ3n) is 4.69. The van der Waals surface area contributed by atoms with E-state index in [9.17, 15) is 9.59 Å². The Labute approximate surface area is 151 Å². The van der Waals surface area contributed by atoms with Gasteiger partial charge in [0.1, 0.15) is 5.75 Å². The molecule has 0 radical (unpaired) electrons. The van der Waals surface area contributed by atoms with E-state index < -0.39 is 0 Å². The zero-order valence-corrected chi connectivity index (χ0v) is 15.1. The molecule has 1 aliphatic heterocycles. The number of halogens is 1. The van der Waals surface area contributed by atoms with Crippen LogP contribution >= 0.6 is 23.4 Å². The summed E-state index contributed by atoms with van der Waals surface area (Å²) in [7, 11) is 0. The topological polar surface area (TPSA) is 55.4 Å². The lowest BCUT2D eigenvalue weighted by Gasteiger charge is -2.21. The molecule has 1 N–H and O–H groups in total. The van der Waals surface area contributed by atoms with Crippen molar-refractivity contribution in [3.8, 4) is 5.75 Å². The summed E-state index contributed by atoms with van der Waals surface area (Å²) in [6.45, 7) is 0.694. The minimum Gasteiger partial charge on any atom is -0.492 e. The van der Waals surface area contributed by atoms with E-state index >= 15 is 0 Å². The van der Waals surface area contributed by atoms with E-state index in [1.54, 1.807) is 0 Å². The number of imide groups is 1. The van der Waals surface area contributed by atoms with Crippen molar-refractivity contribution in [2.75, 3.05) is 6.61 Å². The molecular formula is C18H22ClNO3S. The van der Waals surface area contributed by atoms with E-state index in [0.29, 0.717) is 23.8 Å². The summed E-state index contributed by atoms with van der Waals surface area (Å²) < 4.78 is 5.83. The largest absolute Gasteiger partial charge is 0.492 e. The van der Waals surface area contributed by atoms with E-state index in [4.69, 9.17) is 16.3 Å². The smallest absolute Gasteiger partial charge is 0.286 e. The second-order valence-corrected chi connectivity index (χ2v) is 8.08. The molecule has 0 bridgehead atoms. The van der Waals surface area contributed by atoms with Gasteiger partial charge in [0.2, 0.25) is 5.91 Å². The standard InChI is InChI=1S/C18H22ClNO3S/c19-14-10-13(11-16-17(21)20-18(22)24-16)6-7-15(14)23-9-8-12-4-2-1-3-5-12/h6-7,10,12,16H,1-5,8-9,11H2,(H,20,21,22). The summed E-state index contributed by atoms with van der Waals surface area (Å²) in [5, 5.41) is 2.21. The van der Waals surface area contributed by atoms with Gasteiger partial charge >= 0.3 is 0 Å². The normalized spacial score (nSPS) is 21.8. The van der Waals surface area contributed by atoms with Crippen molar-refractivity contribution >= 4 is 34.5 Å². The Hall–Kier alpha value is -1.20. The van der Waals surface area contributed by atoms with Gasteiger partial charge in [-0.05, 0) is 36.5 Å². The van der Waals surface area contributed by atoms with Gasteiger partial charge < -0.3 is 4.74 Å². The summed E-state index contributed by atoms with van der Waals surface area (Å²) >= 11 is 7.34. The highest BCUT2D eigenvalue weighted by atomic mass is 35.5. The van der Waals surface area contributed by atoms with E-state index in [1.807, 2.05) is 18.2 Å². The van der Waals surface area contributed by atoms with Crippen LogP contribution < -0.4 is 10.1 Å². The predicted molar refractivity (Wildman–Crippen MR) is 96.8 cm³/mol. The minimum atomic E-state index is -0.369. The maximum Gasteiger partial charge on any atom is 0.286 e. The van der Waals surface area contributed by atoms with Crippen molar-refractivity contribution in [3.63, 3.8) is 0 Å². The molecule has 1 aromatic carbocycles. The Morgan fingerprint density at radius 3 is 2.67 bits per heavy atom. The third kappa shape index (κ3) is 4.67. The van der Waals surface area contributed by atoms with Crippen LogP contribution in [0.2, 0.25) is 5.02 Å². The monoisotopic (exact) mass is 367 g/mol. The lowest BCUT2D eigenvalue weighted by Crippen LogP contribution is -2.25. The van der Waals surface area contributed by atoms with Crippen LogP contribution in [-0.4, -0.2) is 23.0 Å². The van der Waals surface area contributed by atoms with Crippen molar-refractivity contribution in [1.82, 2.24) is 5.32 Å². The molecule has 3 rings (SSSR count). The number of carbonyl (C=O) groups is 2. The van der Waals surface area contributed by atoms with Crippen molar-refractivity contribution in [2.24, 2.45) is 5.92 Å². The Morgan fingerprint density at radius 2 is 2.00 bits per heavy atom. The summed E-state index contributed by atoms with van der Waals surface area (Å²) in [5.41, 5.74) is 0.932. The maximum absolute atomic E-state index is 11.6. The number of thioether (sulfide) groups is 1. The van der Waals surface area contributed by atoms with E-state index in [-0.39, 0.29) is 16.4 Å². The molecule has 0 spiro atoms. The lowest BCUT2D eigenvalue weighted by atomic mass is 9.87. The molecule has 130 valence electrons. The molecule has 1 unspecified atom stereocenters. The summed E-state index contributed by atoms with van der Waals surface area (Å²) in [6, 6.07) is 5.60.